The Morgan fingerprint density at radius 1 is 0.212 bits per heavy atom. The van der Waals surface area contributed by atoms with Gasteiger partial charge in [-0.15, -0.1) is 0 Å². The van der Waals surface area contributed by atoms with Gasteiger partial charge in [-0.25, -0.2) is 0 Å². The lowest BCUT2D eigenvalue weighted by molar-refractivity contribution is 0.609. The van der Waals surface area contributed by atoms with Crippen molar-refractivity contribution in [1.29, 1.82) is 63.1 Å². The summed E-state index contributed by atoms with van der Waals surface area (Å²) in [5, 5.41) is 126. The number of nitrogens with zero attached hydrogens (tertiary/aromatic N) is 16. The van der Waals surface area contributed by atoms with Crippen molar-refractivity contribution < 1.29 is 0 Å². The van der Waals surface area contributed by atoms with Gasteiger partial charge in [0.05, 0.1) is 16.7 Å². The predicted molar refractivity (Wildman–Crippen MR) is 472 cm³/mol. The average Bonchev–Trinajstić information content (AvgIpc) is 0.804. The minimum Gasteiger partial charge on any atom is -0.372 e. The van der Waals surface area contributed by atoms with Gasteiger partial charge in [0.2, 0.25) is 0 Å². The second-order valence-corrected chi connectivity index (χ2v) is 28.5. The maximum atomic E-state index is 10.5. The number of anilines is 6. The van der Waals surface area contributed by atoms with E-state index in [0.29, 0.717) is 50.4 Å². The molecule has 0 amide bonds. The number of hydrogen-bond acceptors (Lipinski definition) is 16. The molecule has 0 fully saturated rings. The Hall–Kier alpha value is -14.5. The van der Waals surface area contributed by atoms with Gasteiger partial charge in [0, 0.05) is 107 Å². The molecule has 6 aromatic carbocycles. The van der Waals surface area contributed by atoms with Crippen molar-refractivity contribution in [2.75, 3.05) is 58.9 Å². The summed E-state index contributed by atoms with van der Waals surface area (Å²) in [6, 6.07) is 67.4. The fraction of sp³-hybridized carbons (Fsp3) is 0.353. The quantitative estimate of drug-likeness (QED) is 0.0149. The van der Waals surface area contributed by atoms with Crippen LogP contribution < -0.4 is 19.6 Å². The van der Waals surface area contributed by atoms with Crippen LogP contribution in [0.3, 0.4) is 0 Å². The molecule has 0 atom stereocenters. The lowest BCUT2D eigenvalue weighted by atomic mass is 9.90. The van der Waals surface area contributed by atoms with Crippen molar-refractivity contribution in [1.82, 2.24) is 0 Å². The highest BCUT2D eigenvalue weighted by atomic mass is 15.1. The largest absolute Gasteiger partial charge is 0.372 e. The fourth-order valence-electron chi connectivity index (χ4n) is 13.7. The van der Waals surface area contributed by atoms with Crippen LogP contribution in [0.25, 0.3) is 16.7 Å². The van der Waals surface area contributed by atoms with Crippen LogP contribution in [0.5, 0.6) is 0 Å². The molecule has 0 aliphatic heterocycles. The summed E-state index contributed by atoms with van der Waals surface area (Å²) in [4.78, 5) is 8.99. The lowest BCUT2D eigenvalue weighted by Gasteiger charge is -2.25. The van der Waals surface area contributed by atoms with E-state index in [2.05, 4.69) is 91.8 Å². The zero-order chi connectivity index (χ0) is 85.1. The first-order chi connectivity index (χ1) is 57.8. The van der Waals surface area contributed by atoms with Gasteiger partial charge in [-0.05, 0) is 164 Å². The molecule has 6 rings (SSSR count). The highest BCUT2D eigenvalue weighted by Crippen LogP contribution is 2.38. The van der Waals surface area contributed by atoms with Gasteiger partial charge in [-0.2, -0.15) is 63.1 Å². The highest BCUT2D eigenvalue weighted by Gasteiger charge is 2.24. The Balaban J connectivity index is 1.50. The Labute approximate surface area is 701 Å². The van der Waals surface area contributed by atoms with Crippen LogP contribution >= 0.6 is 0 Å². The summed E-state index contributed by atoms with van der Waals surface area (Å²) < 4.78 is 0. The fourth-order valence-corrected chi connectivity index (χ4v) is 13.7. The van der Waals surface area contributed by atoms with Gasteiger partial charge in [0.15, 0.2) is 0 Å². The molecule has 0 bridgehead atoms. The van der Waals surface area contributed by atoms with Crippen LogP contribution in [0, 0.1) is 171 Å². The Kier molecular flexibility index (Phi) is 41.3. The first-order valence-corrected chi connectivity index (χ1v) is 41.3. The normalized spacial score (nSPS) is 9.81. The molecule has 0 unspecified atom stereocenters. The molecule has 0 heterocycles. The van der Waals surface area contributed by atoms with Crippen molar-refractivity contribution in [2.45, 2.75) is 196 Å². The van der Waals surface area contributed by atoms with Crippen LogP contribution in [-0.2, 0) is 0 Å². The molecule has 0 saturated heterocycles. The van der Waals surface area contributed by atoms with Crippen molar-refractivity contribution in [3.8, 4) is 108 Å². The highest BCUT2D eigenvalue weighted by molar-refractivity contribution is 5.95. The maximum Gasteiger partial charge on any atom is 0.145 e. The number of hydrogen-bond donors (Lipinski definition) is 0. The number of benzene rings is 6. The maximum absolute atomic E-state index is 10.5. The van der Waals surface area contributed by atoms with E-state index in [9.17, 15) is 63.1 Å². The summed E-state index contributed by atoms with van der Waals surface area (Å²) in [6.45, 7) is 18.3. The average molecular weight is 1550 g/mol. The van der Waals surface area contributed by atoms with E-state index >= 15 is 0 Å². The van der Waals surface area contributed by atoms with E-state index in [1.165, 1.54) is 0 Å². The predicted octanol–water partition coefficient (Wildman–Crippen LogP) is 23.6. The molecule has 6 aromatic rings. The van der Waals surface area contributed by atoms with Crippen molar-refractivity contribution in [3.63, 3.8) is 0 Å². The molecule has 0 spiro atoms. The van der Waals surface area contributed by atoms with Gasteiger partial charge >= 0.3 is 0 Å². The van der Waals surface area contributed by atoms with E-state index in [-0.39, 0.29) is 50.2 Å². The van der Waals surface area contributed by atoms with Crippen LogP contribution in [0.15, 0.2) is 196 Å². The zero-order valence-electron chi connectivity index (χ0n) is 69.2. The molecule has 0 aliphatic carbocycles. The molecule has 16 heteroatoms. The third-order valence-electron chi connectivity index (χ3n) is 20.2. The summed E-state index contributed by atoms with van der Waals surface area (Å²) in [5.41, 5.74) is 5.00. The smallest absolute Gasteiger partial charge is 0.145 e. The second-order valence-electron chi connectivity index (χ2n) is 28.5. The Morgan fingerprint density at radius 3 is 0.559 bits per heavy atom. The van der Waals surface area contributed by atoms with Crippen LogP contribution in [0.1, 0.15) is 229 Å². The molecular formula is C102H102N16. The number of unbranched alkanes of at least 4 members (excludes halogenated alkanes) is 18. The molecule has 0 aromatic heterocycles. The molecule has 0 N–H and O–H groups in total. The van der Waals surface area contributed by atoms with Crippen molar-refractivity contribution >= 4 is 50.8 Å². The van der Waals surface area contributed by atoms with Crippen LogP contribution in [-0.4, -0.2) is 39.3 Å². The Morgan fingerprint density at radius 2 is 0.390 bits per heavy atom. The summed E-state index contributed by atoms with van der Waals surface area (Å²) >= 11 is 0. The number of nitriles is 12. The lowest BCUT2D eigenvalue weighted by Crippen LogP contribution is -2.25. The van der Waals surface area contributed by atoms with Crippen LogP contribution in [0.2, 0.25) is 0 Å². The molecule has 118 heavy (non-hydrogen) atoms. The Bertz CT molecular complexity index is 4660. The van der Waals surface area contributed by atoms with E-state index in [0.717, 1.165) is 210 Å². The van der Waals surface area contributed by atoms with Gasteiger partial charge in [0.1, 0.15) is 106 Å². The first kappa shape index (κ1) is 92.4. The van der Waals surface area contributed by atoms with Gasteiger partial charge in [-0.3, -0.25) is 0 Å². The minimum absolute atomic E-state index is 0.0489. The number of rotatable bonds is 42. The summed E-state index contributed by atoms with van der Waals surface area (Å²) in [5.74, 6) is 18.4. The zero-order valence-corrected chi connectivity index (χ0v) is 69.2. The second kappa shape index (κ2) is 52.8. The third kappa shape index (κ3) is 27.7. The molecule has 0 radical (unpaired) electrons. The summed E-state index contributed by atoms with van der Waals surface area (Å²) in [7, 11) is 0. The molecule has 16 nitrogen and oxygen atoms in total. The first-order valence-electron chi connectivity index (χ1n) is 41.3. The topological polar surface area (TPSA) is 298 Å². The van der Waals surface area contributed by atoms with Gasteiger partial charge in [0.25, 0.3) is 0 Å². The van der Waals surface area contributed by atoms with Crippen molar-refractivity contribution in [3.05, 3.63) is 229 Å². The summed E-state index contributed by atoms with van der Waals surface area (Å²) in [6.07, 6.45) is 26.3. The van der Waals surface area contributed by atoms with E-state index in [1.807, 2.05) is 114 Å². The molecular weight excluding hydrogens is 1450 g/mol. The minimum atomic E-state index is -0.392. The van der Waals surface area contributed by atoms with E-state index < -0.39 is 16.7 Å². The van der Waals surface area contributed by atoms with Crippen LogP contribution in [0.4, 0.5) is 34.1 Å². The van der Waals surface area contributed by atoms with E-state index in [1.54, 1.807) is 109 Å². The van der Waals surface area contributed by atoms with E-state index in [4.69, 9.17) is 0 Å². The monoisotopic (exact) mass is 1550 g/mol. The SMILES string of the molecule is CCCCCCN(CCCCCC)c1ccc(C(=C(C#N)C#N)C(C#Cc2ccc(N(c3ccc(C#CC(=C(C#N)C#N)C(=C(C#N)C#N)c4ccc(N(CCCCCC)CCCCCC)cc4)cc3)c3ccc(C#CC(=C(C#N)C#N)C(=C(C#N)C#N)c4ccc(N(CCCCCC)CCCCCC)cc4)cc3)cc2)=C(C#N)C#N)cc1. The molecule has 0 aliphatic rings. The van der Waals surface area contributed by atoms with Gasteiger partial charge in [-0.1, -0.05) is 229 Å². The molecule has 0 saturated carbocycles. The third-order valence-corrected chi connectivity index (χ3v) is 20.2. The number of allylic oxidation sites excluding steroid dienone is 12. The molecule has 590 valence electrons. The van der Waals surface area contributed by atoms with Crippen molar-refractivity contribution in [2.24, 2.45) is 0 Å². The standard InChI is InChI=1S/C102H102N16/c1-7-13-19-25-61-115(62-26-20-14-8-2)91-52-40-82(41-53-91)100(88(73-109)74-110)97(85(67-103)68-104)58-37-79-31-46-94(47-32-79)118(95-48-33-80(34-49-95)38-59-98(86(69-105)70-106)101(89(75-111)76-112)83-42-54-92(55-43-83)116(63-27-21-15-9-3)64-28-22-16-10-4)96-50-35-81(36-51-96)39-60-99(87(71-107)72-108)102(90(77-113)78-114)84-44-56-93(57-45-84)117(65-29-23-17-11-5)66-30-24-18-12-6/h31-36,40-57H,7-30,61-66H2,1-6H3. The van der Waals surface area contributed by atoms with Gasteiger partial charge < -0.3 is 19.6 Å².